The molecular formula is C21H17F2N5O2. The van der Waals surface area contributed by atoms with Crippen LogP contribution in [0.5, 0.6) is 0 Å². The van der Waals surface area contributed by atoms with Gasteiger partial charge in [-0.1, -0.05) is 6.07 Å². The number of ether oxygens (including phenoxy) is 1. The van der Waals surface area contributed by atoms with E-state index in [1.807, 2.05) is 0 Å². The lowest BCUT2D eigenvalue weighted by atomic mass is 10.0. The Morgan fingerprint density at radius 1 is 1.10 bits per heavy atom. The molecule has 0 aliphatic carbocycles. The first-order chi connectivity index (χ1) is 14.6. The van der Waals surface area contributed by atoms with Crippen LogP contribution >= 0.6 is 0 Å². The fourth-order valence-corrected chi connectivity index (χ4v) is 3.62. The average Bonchev–Trinajstić information content (AvgIpc) is 3.15. The number of aromatic amines is 1. The Kier molecular flexibility index (Phi) is 4.51. The summed E-state index contributed by atoms with van der Waals surface area (Å²) in [4.78, 5) is 19.1. The number of hydrogen-bond acceptors (Lipinski definition) is 5. The number of amidine groups is 1. The van der Waals surface area contributed by atoms with Crippen LogP contribution in [0.1, 0.15) is 15.9 Å². The Balaban J connectivity index is 1.63. The number of nitrogens with one attached hydrogen (secondary N) is 2. The van der Waals surface area contributed by atoms with E-state index in [0.29, 0.717) is 54.5 Å². The minimum absolute atomic E-state index is 0.00275. The first-order valence-electron chi connectivity index (χ1n) is 9.47. The van der Waals surface area contributed by atoms with Gasteiger partial charge in [-0.15, -0.1) is 0 Å². The summed E-state index contributed by atoms with van der Waals surface area (Å²) in [7, 11) is 0. The van der Waals surface area contributed by atoms with Gasteiger partial charge in [-0.25, -0.2) is 13.8 Å². The van der Waals surface area contributed by atoms with Gasteiger partial charge in [-0.05, 0) is 30.3 Å². The second kappa shape index (κ2) is 7.34. The molecule has 0 saturated carbocycles. The summed E-state index contributed by atoms with van der Waals surface area (Å²) in [6, 6.07) is 8.73. The molecule has 2 aliphatic rings. The van der Waals surface area contributed by atoms with Gasteiger partial charge in [0.25, 0.3) is 5.91 Å². The first kappa shape index (κ1) is 18.4. The maximum atomic E-state index is 14.4. The highest BCUT2D eigenvalue weighted by atomic mass is 19.1. The van der Waals surface area contributed by atoms with E-state index in [-0.39, 0.29) is 17.3 Å². The molecule has 0 radical (unpaired) electrons. The fraction of sp³-hybridized carbons (Fsp3) is 0.190. The standard InChI is InChI=1S/C21H17F2N5O2/c22-14-2-1-3-15(23)18(14)20-25-16-10-12(21(29)28-6-8-30-9-7-28)4-5-13(16)19-17(26-20)11-24-27-19/h1-5,10-11H,6-9H2,(H,24,27)(H,25,26). The minimum atomic E-state index is -0.740. The highest BCUT2D eigenvalue weighted by Crippen LogP contribution is 2.38. The molecule has 1 saturated heterocycles. The van der Waals surface area contributed by atoms with Crippen molar-refractivity contribution in [3.05, 3.63) is 65.4 Å². The number of hydrogen-bond donors (Lipinski definition) is 2. The molecule has 9 heteroatoms. The molecule has 3 aromatic rings. The SMILES string of the molecule is O=C(c1ccc2c(c1)N=C(c1c(F)cccc1F)Nc1cn[nH]c1-2)N1CCOCC1. The number of aliphatic imine (C=N–C) groups is 1. The smallest absolute Gasteiger partial charge is 0.254 e. The second-order valence-electron chi connectivity index (χ2n) is 6.98. The number of carbonyl (C=O) groups is 1. The van der Waals surface area contributed by atoms with Gasteiger partial charge in [-0.2, -0.15) is 5.10 Å². The van der Waals surface area contributed by atoms with Crippen molar-refractivity contribution in [1.82, 2.24) is 15.1 Å². The molecule has 0 bridgehead atoms. The third-order valence-electron chi connectivity index (χ3n) is 5.14. The normalized spacial score (nSPS) is 15.5. The van der Waals surface area contributed by atoms with Gasteiger partial charge in [0.15, 0.2) is 0 Å². The number of benzene rings is 2. The lowest BCUT2D eigenvalue weighted by Crippen LogP contribution is -2.40. The molecule has 0 atom stereocenters. The Labute approximate surface area is 170 Å². The fourth-order valence-electron chi connectivity index (χ4n) is 3.62. The third kappa shape index (κ3) is 3.13. The van der Waals surface area contributed by atoms with Gasteiger partial charge in [-0.3, -0.25) is 9.89 Å². The molecular weight excluding hydrogens is 392 g/mol. The summed E-state index contributed by atoms with van der Waals surface area (Å²) in [6.45, 7) is 2.01. The van der Waals surface area contributed by atoms with E-state index >= 15 is 0 Å². The van der Waals surface area contributed by atoms with Crippen LogP contribution in [-0.2, 0) is 4.74 Å². The van der Waals surface area contributed by atoms with E-state index in [0.717, 1.165) is 0 Å². The van der Waals surface area contributed by atoms with Gasteiger partial charge < -0.3 is 15.0 Å². The highest BCUT2D eigenvalue weighted by Gasteiger charge is 2.25. The van der Waals surface area contributed by atoms with Gasteiger partial charge in [0.2, 0.25) is 0 Å². The molecule has 0 spiro atoms. The quantitative estimate of drug-likeness (QED) is 0.680. The largest absolute Gasteiger partial charge is 0.378 e. The molecule has 0 unspecified atom stereocenters. The van der Waals surface area contributed by atoms with Crippen LogP contribution in [0.15, 0.2) is 47.6 Å². The van der Waals surface area contributed by atoms with E-state index in [1.165, 1.54) is 24.4 Å². The number of anilines is 1. The molecule has 3 heterocycles. The van der Waals surface area contributed by atoms with Crippen LogP contribution in [0.4, 0.5) is 20.2 Å². The number of nitrogens with zero attached hydrogens (tertiary/aromatic N) is 3. The van der Waals surface area contributed by atoms with Crippen molar-refractivity contribution >= 4 is 23.1 Å². The lowest BCUT2D eigenvalue weighted by molar-refractivity contribution is 0.0303. The van der Waals surface area contributed by atoms with Crippen molar-refractivity contribution in [3.63, 3.8) is 0 Å². The maximum absolute atomic E-state index is 14.4. The van der Waals surface area contributed by atoms with E-state index in [4.69, 9.17) is 4.74 Å². The molecule has 152 valence electrons. The summed E-state index contributed by atoms with van der Waals surface area (Å²) in [5, 5.41) is 9.87. The van der Waals surface area contributed by atoms with Crippen molar-refractivity contribution < 1.29 is 18.3 Å². The number of amides is 1. The van der Waals surface area contributed by atoms with Crippen LogP contribution in [0, 0.1) is 11.6 Å². The summed E-state index contributed by atoms with van der Waals surface area (Å²) in [5.74, 6) is -1.62. The lowest BCUT2D eigenvalue weighted by Gasteiger charge is -2.27. The Hall–Kier alpha value is -3.59. The monoisotopic (exact) mass is 409 g/mol. The number of halogens is 2. The number of aromatic nitrogens is 2. The molecule has 7 nitrogen and oxygen atoms in total. The predicted octanol–water partition coefficient (Wildman–Crippen LogP) is 3.33. The van der Waals surface area contributed by atoms with Gasteiger partial charge in [0, 0.05) is 24.2 Å². The Bertz CT molecular complexity index is 1150. The summed E-state index contributed by atoms with van der Waals surface area (Å²) >= 11 is 0. The second-order valence-corrected chi connectivity index (χ2v) is 6.98. The van der Waals surface area contributed by atoms with Gasteiger partial charge >= 0.3 is 0 Å². The average molecular weight is 409 g/mol. The van der Waals surface area contributed by atoms with Crippen LogP contribution < -0.4 is 5.32 Å². The molecule has 1 aromatic heterocycles. The zero-order chi connectivity index (χ0) is 20.7. The van der Waals surface area contributed by atoms with Gasteiger partial charge in [0.1, 0.15) is 17.5 Å². The van der Waals surface area contributed by atoms with E-state index in [1.54, 1.807) is 23.1 Å². The topological polar surface area (TPSA) is 82.6 Å². The molecule has 2 N–H and O–H groups in total. The molecule has 2 aromatic carbocycles. The summed E-state index contributed by atoms with van der Waals surface area (Å²) in [6.07, 6.45) is 1.52. The van der Waals surface area contributed by atoms with Crippen molar-refractivity contribution in [3.8, 4) is 11.3 Å². The zero-order valence-electron chi connectivity index (χ0n) is 15.8. The van der Waals surface area contributed by atoms with Gasteiger partial charge in [0.05, 0.1) is 42.0 Å². The Morgan fingerprint density at radius 2 is 1.87 bits per heavy atom. The van der Waals surface area contributed by atoms with Crippen molar-refractivity contribution in [2.24, 2.45) is 4.99 Å². The number of carbonyl (C=O) groups excluding carboxylic acids is 1. The number of fused-ring (bicyclic) bond motifs is 3. The molecule has 5 rings (SSSR count). The third-order valence-corrected chi connectivity index (χ3v) is 5.14. The number of H-pyrrole nitrogens is 1. The molecule has 1 fully saturated rings. The van der Waals surface area contributed by atoms with E-state index < -0.39 is 11.6 Å². The molecule has 1 amide bonds. The van der Waals surface area contributed by atoms with Crippen LogP contribution in [0.2, 0.25) is 0 Å². The van der Waals surface area contributed by atoms with Crippen molar-refractivity contribution in [2.45, 2.75) is 0 Å². The number of morpholine rings is 1. The Morgan fingerprint density at radius 3 is 2.63 bits per heavy atom. The van der Waals surface area contributed by atoms with Crippen molar-refractivity contribution in [2.75, 3.05) is 31.6 Å². The number of rotatable bonds is 2. The molecule has 2 aliphatic heterocycles. The summed E-state index contributed by atoms with van der Waals surface area (Å²) < 4.78 is 34.2. The minimum Gasteiger partial charge on any atom is -0.378 e. The predicted molar refractivity (Wildman–Crippen MR) is 107 cm³/mol. The van der Waals surface area contributed by atoms with Crippen LogP contribution in [-0.4, -0.2) is 53.1 Å². The van der Waals surface area contributed by atoms with Crippen molar-refractivity contribution in [1.29, 1.82) is 0 Å². The highest BCUT2D eigenvalue weighted by molar-refractivity contribution is 6.13. The maximum Gasteiger partial charge on any atom is 0.254 e. The summed E-state index contributed by atoms with van der Waals surface area (Å²) in [5.41, 5.74) is 2.38. The van der Waals surface area contributed by atoms with E-state index in [9.17, 15) is 13.6 Å². The van der Waals surface area contributed by atoms with Crippen LogP contribution in [0.25, 0.3) is 11.3 Å². The zero-order valence-corrected chi connectivity index (χ0v) is 15.8. The van der Waals surface area contributed by atoms with E-state index in [2.05, 4.69) is 20.5 Å². The first-order valence-corrected chi connectivity index (χ1v) is 9.47. The van der Waals surface area contributed by atoms with Crippen LogP contribution in [0.3, 0.4) is 0 Å². The molecule has 30 heavy (non-hydrogen) atoms.